The highest BCUT2D eigenvalue weighted by atomic mass is 19.4. The second kappa shape index (κ2) is 10.0. The summed E-state index contributed by atoms with van der Waals surface area (Å²) in [5.41, 5.74) is 2.32. The van der Waals surface area contributed by atoms with Gasteiger partial charge in [0.1, 0.15) is 0 Å². The topological polar surface area (TPSA) is 88.4 Å². The number of ether oxygens (including phenoxy) is 1. The summed E-state index contributed by atoms with van der Waals surface area (Å²) in [4.78, 5) is 24.5. The summed E-state index contributed by atoms with van der Waals surface area (Å²) in [5.74, 6) is -1.16. The molecule has 0 unspecified atom stereocenters. The van der Waals surface area contributed by atoms with E-state index in [0.29, 0.717) is 0 Å². The zero-order chi connectivity index (χ0) is 22.4. The minimum Gasteiger partial charge on any atom is -0.475 e. The van der Waals surface area contributed by atoms with Gasteiger partial charge in [-0.2, -0.15) is 13.2 Å². The van der Waals surface area contributed by atoms with Gasteiger partial charge in [0.2, 0.25) is 5.95 Å². The van der Waals surface area contributed by atoms with Crippen molar-refractivity contribution in [2.75, 3.05) is 18.1 Å². The third-order valence-corrected chi connectivity index (χ3v) is 5.16. The molecule has 2 aromatic rings. The normalized spacial score (nSPS) is 20.8. The average molecular weight is 438 g/mol. The Morgan fingerprint density at radius 3 is 2.45 bits per heavy atom. The number of carboxylic acid groups (broad SMARTS) is 1. The Labute approximate surface area is 178 Å². The fraction of sp³-hybridized carbons (Fsp3) is 0.524. The molecule has 31 heavy (non-hydrogen) atoms. The van der Waals surface area contributed by atoms with Crippen molar-refractivity contribution in [3.8, 4) is 0 Å². The van der Waals surface area contributed by atoms with E-state index < -0.39 is 12.1 Å². The van der Waals surface area contributed by atoms with Crippen LogP contribution in [0.25, 0.3) is 0 Å². The largest absolute Gasteiger partial charge is 0.490 e. The van der Waals surface area contributed by atoms with E-state index in [2.05, 4.69) is 25.9 Å². The van der Waals surface area contributed by atoms with E-state index in [1.165, 1.54) is 18.4 Å². The van der Waals surface area contributed by atoms with E-state index in [4.69, 9.17) is 14.6 Å². The van der Waals surface area contributed by atoms with E-state index in [1.807, 2.05) is 37.8 Å². The maximum atomic E-state index is 10.6. The first-order valence-electron chi connectivity index (χ1n) is 10.1. The minimum absolute atomic E-state index is 0.246. The van der Waals surface area contributed by atoms with Crippen LogP contribution in [0.1, 0.15) is 30.4 Å². The fourth-order valence-electron chi connectivity index (χ4n) is 3.35. The van der Waals surface area contributed by atoms with Gasteiger partial charge in [0.05, 0.1) is 12.1 Å². The van der Waals surface area contributed by atoms with Crippen LogP contribution in [-0.4, -0.2) is 57.5 Å². The third-order valence-electron chi connectivity index (χ3n) is 5.16. The summed E-state index contributed by atoms with van der Waals surface area (Å²) in [6.07, 6.45) is 7.31. The van der Waals surface area contributed by atoms with E-state index >= 15 is 0 Å². The van der Waals surface area contributed by atoms with Gasteiger partial charge in [-0.25, -0.2) is 14.8 Å². The van der Waals surface area contributed by atoms with Gasteiger partial charge in [0.15, 0.2) is 0 Å². The van der Waals surface area contributed by atoms with Gasteiger partial charge in [0.25, 0.3) is 0 Å². The lowest BCUT2D eigenvalue weighted by molar-refractivity contribution is -0.192. The SMILES string of the molecule is Cc1cnc(N2CC[C@H](OCC3CC3)[C@@H]2Cc2cccnc2)nc1.O=C(O)C(F)(F)F. The first-order valence-corrected chi connectivity index (χ1v) is 10.1. The Morgan fingerprint density at radius 1 is 1.23 bits per heavy atom. The molecule has 1 N–H and O–H groups in total. The predicted octanol–water partition coefficient (Wildman–Crippen LogP) is 3.43. The Hall–Kier alpha value is -2.75. The van der Waals surface area contributed by atoms with Crippen molar-refractivity contribution in [3.63, 3.8) is 0 Å². The van der Waals surface area contributed by atoms with Crippen molar-refractivity contribution in [3.05, 3.63) is 48.0 Å². The number of aryl methyl sites for hydroxylation is 1. The van der Waals surface area contributed by atoms with Crippen LogP contribution in [0.5, 0.6) is 0 Å². The van der Waals surface area contributed by atoms with Gasteiger partial charge in [-0.1, -0.05) is 6.07 Å². The van der Waals surface area contributed by atoms with Gasteiger partial charge in [0, 0.05) is 37.9 Å². The lowest BCUT2D eigenvalue weighted by atomic mass is 10.0. The number of hydrogen-bond donors (Lipinski definition) is 1. The minimum atomic E-state index is -5.08. The summed E-state index contributed by atoms with van der Waals surface area (Å²) >= 11 is 0. The van der Waals surface area contributed by atoms with Crippen LogP contribution < -0.4 is 4.90 Å². The molecule has 2 aliphatic rings. The number of nitrogens with zero attached hydrogens (tertiary/aromatic N) is 4. The zero-order valence-corrected chi connectivity index (χ0v) is 17.1. The number of alkyl halides is 3. The molecule has 1 aliphatic heterocycles. The number of rotatable bonds is 6. The average Bonchev–Trinajstić information content (AvgIpc) is 3.48. The number of carboxylic acids is 1. The number of hydrogen-bond acceptors (Lipinski definition) is 6. The van der Waals surface area contributed by atoms with Crippen molar-refractivity contribution in [1.82, 2.24) is 15.0 Å². The summed E-state index contributed by atoms with van der Waals surface area (Å²) in [6, 6.07) is 4.41. The molecule has 0 bridgehead atoms. The molecule has 2 atom stereocenters. The molecule has 7 nitrogen and oxygen atoms in total. The Morgan fingerprint density at radius 2 is 1.90 bits per heavy atom. The van der Waals surface area contributed by atoms with Crippen LogP contribution >= 0.6 is 0 Å². The molecule has 0 amide bonds. The molecule has 4 rings (SSSR count). The Kier molecular flexibility index (Phi) is 7.42. The van der Waals surface area contributed by atoms with Crippen LogP contribution in [0.2, 0.25) is 0 Å². The van der Waals surface area contributed by atoms with Crippen LogP contribution in [0.3, 0.4) is 0 Å². The zero-order valence-electron chi connectivity index (χ0n) is 17.1. The molecule has 10 heteroatoms. The summed E-state index contributed by atoms with van der Waals surface area (Å²) in [6.45, 7) is 3.86. The smallest absolute Gasteiger partial charge is 0.475 e. The lowest BCUT2D eigenvalue weighted by Crippen LogP contribution is -2.39. The highest BCUT2D eigenvalue weighted by Crippen LogP contribution is 2.32. The third kappa shape index (κ3) is 6.88. The Bertz CT molecular complexity index is 845. The van der Waals surface area contributed by atoms with Crippen LogP contribution in [-0.2, 0) is 16.0 Å². The first-order chi connectivity index (χ1) is 14.7. The molecule has 0 radical (unpaired) electrons. The van der Waals surface area contributed by atoms with Gasteiger partial charge in [-0.15, -0.1) is 0 Å². The van der Waals surface area contributed by atoms with E-state index in [1.54, 1.807) is 0 Å². The van der Waals surface area contributed by atoms with Crippen molar-refractivity contribution >= 4 is 11.9 Å². The molecule has 0 spiro atoms. The highest BCUT2D eigenvalue weighted by Gasteiger charge is 2.38. The van der Waals surface area contributed by atoms with Crippen LogP contribution in [0.15, 0.2) is 36.9 Å². The molecule has 3 heterocycles. The maximum absolute atomic E-state index is 10.6. The van der Waals surface area contributed by atoms with Crippen LogP contribution in [0, 0.1) is 12.8 Å². The number of halogens is 3. The van der Waals surface area contributed by atoms with Crippen molar-refractivity contribution in [2.45, 2.75) is 50.9 Å². The summed E-state index contributed by atoms with van der Waals surface area (Å²) < 4.78 is 38.0. The van der Waals surface area contributed by atoms with E-state index in [0.717, 1.165) is 43.4 Å². The predicted molar refractivity (Wildman–Crippen MR) is 107 cm³/mol. The van der Waals surface area contributed by atoms with E-state index in [-0.39, 0.29) is 12.1 Å². The molecule has 1 aliphatic carbocycles. The fourth-order valence-corrected chi connectivity index (χ4v) is 3.35. The van der Waals surface area contributed by atoms with Crippen molar-refractivity contribution < 1.29 is 27.8 Å². The molecule has 168 valence electrons. The van der Waals surface area contributed by atoms with Gasteiger partial charge < -0.3 is 14.7 Å². The highest BCUT2D eigenvalue weighted by molar-refractivity contribution is 5.73. The molecule has 2 aromatic heterocycles. The number of carbonyl (C=O) groups is 1. The van der Waals surface area contributed by atoms with Gasteiger partial charge in [-0.05, 0) is 55.7 Å². The number of anilines is 1. The van der Waals surface area contributed by atoms with Crippen molar-refractivity contribution in [1.29, 1.82) is 0 Å². The molecule has 0 aromatic carbocycles. The van der Waals surface area contributed by atoms with Gasteiger partial charge in [-0.3, -0.25) is 4.98 Å². The first kappa shape index (κ1) is 22.9. The molecule has 1 saturated heterocycles. The Balaban J connectivity index is 0.000000339. The molecule has 2 fully saturated rings. The molecular weight excluding hydrogens is 413 g/mol. The summed E-state index contributed by atoms with van der Waals surface area (Å²) in [7, 11) is 0. The molecule has 1 saturated carbocycles. The number of aliphatic carboxylic acids is 1. The van der Waals surface area contributed by atoms with Crippen LogP contribution in [0.4, 0.5) is 19.1 Å². The standard InChI is InChI=1S/C19H24N4O.C2HF3O2/c1-14-10-21-19(22-11-14)23-8-6-18(24-13-15-4-5-15)17(23)9-16-3-2-7-20-12-16;3-2(4,5)1(6)7/h2-3,7,10-12,15,17-18H,4-6,8-9,13H2,1H3;(H,6,7)/t17-,18-;/m0./s1. The summed E-state index contributed by atoms with van der Waals surface area (Å²) in [5, 5.41) is 7.12. The van der Waals surface area contributed by atoms with Gasteiger partial charge >= 0.3 is 12.1 Å². The second-order valence-electron chi connectivity index (χ2n) is 7.79. The van der Waals surface area contributed by atoms with Crippen molar-refractivity contribution in [2.24, 2.45) is 5.92 Å². The monoisotopic (exact) mass is 438 g/mol. The lowest BCUT2D eigenvalue weighted by Gasteiger charge is -2.28. The van der Waals surface area contributed by atoms with E-state index in [9.17, 15) is 13.2 Å². The maximum Gasteiger partial charge on any atom is 0.490 e. The quantitative estimate of drug-likeness (QED) is 0.739. The number of pyridine rings is 1. The molecular formula is C21H25F3N4O3. The second-order valence-corrected chi connectivity index (χ2v) is 7.79. The number of aromatic nitrogens is 3.